The molecular formula is C21H31N5O5S. The molecule has 0 bridgehead atoms. The molecule has 2 aromatic rings. The number of primary sulfonamides is 1. The van der Waals surface area contributed by atoms with Crippen molar-refractivity contribution in [2.24, 2.45) is 5.14 Å². The average molecular weight is 466 g/mol. The summed E-state index contributed by atoms with van der Waals surface area (Å²) in [6.07, 6.45) is 8.28. The Balaban J connectivity index is 1.22. The Morgan fingerprint density at radius 2 is 1.75 bits per heavy atom. The van der Waals surface area contributed by atoms with Crippen molar-refractivity contribution in [3.8, 4) is 5.75 Å². The Labute approximate surface area is 188 Å². The molecule has 2 N–H and O–H groups in total. The van der Waals surface area contributed by atoms with Crippen LogP contribution in [0.3, 0.4) is 0 Å². The Morgan fingerprint density at radius 1 is 1.09 bits per heavy atom. The molecule has 0 atom stereocenters. The van der Waals surface area contributed by atoms with Crippen LogP contribution in [0.2, 0.25) is 0 Å². The second kappa shape index (κ2) is 9.72. The second-order valence-corrected chi connectivity index (χ2v) is 10.3. The normalized spacial score (nSPS) is 22.9. The molecule has 1 aliphatic carbocycles. The first kappa shape index (κ1) is 22.9. The number of anilines is 1. The Kier molecular flexibility index (Phi) is 6.96. The Bertz CT molecular complexity index is 996. The number of nitrogens with zero attached hydrogens (tertiary/aromatic N) is 4. The molecule has 0 unspecified atom stereocenters. The first-order valence-corrected chi connectivity index (χ1v) is 12.7. The molecule has 176 valence electrons. The van der Waals surface area contributed by atoms with Gasteiger partial charge in [-0.05, 0) is 44.6 Å². The minimum absolute atomic E-state index is 0.0627. The summed E-state index contributed by atoms with van der Waals surface area (Å²) in [6.45, 7) is 5.76. The van der Waals surface area contributed by atoms with E-state index in [9.17, 15) is 8.42 Å². The van der Waals surface area contributed by atoms with Crippen LogP contribution in [0.4, 0.5) is 6.01 Å². The van der Waals surface area contributed by atoms with Crippen LogP contribution in [0.1, 0.15) is 64.1 Å². The highest BCUT2D eigenvalue weighted by molar-refractivity contribution is 7.89. The van der Waals surface area contributed by atoms with Crippen molar-refractivity contribution >= 4 is 16.0 Å². The molecule has 2 aromatic heterocycles. The number of nitrogens with two attached hydrogens (primary N) is 1. The van der Waals surface area contributed by atoms with Gasteiger partial charge in [-0.15, -0.1) is 0 Å². The molecule has 10 nitrogen and oxygen atoms in total. The van der Waals surface area contributed by atoms with Crippen LogP contribution in [0, 0.1) is 0 Å². The third-order valence-corrected chi connectivity index (χ3v) is 6.93. The second-order valence-electron chi connectivity index (χ2n) is 8.80. The van der Waals surface area contributed by atoms with Gasteiger partial charge in [-0.3, -0.25) is 4.98 Å². The Hall–Kier alpha value is -2.24. The van der Waals surface area contributed by atoms with Gasteiger partial charge in [0.2, 0.25) is 10.0 Å². The predicted octanol–water partition coefficient (Wildman–Crippen LogP) is 2.61. The van der Waals surface area contributed by atoms with Crippen LogP contribution in [-0.4, -0.2) is 54.9 Å². The maximum Gasteiger partial charge on any atom is 0.324 e. The van der Waals surface area contributed by atoms with Gasteiger partial charge in [0.05, 0.1) is 24.5 Å². The van der Waals surface area contributed by atoms with Crippen molar-refractivity contribution in [1.29, 1.82) is 0 Å². The zero-order chi connectivity index (χ0) is 22.7. The van der Waals surface area contributed by atoms with Gasteiger partial charge in [0.25, 0.3) is 0 Å². The van der Waals surface area contributed by atoms with E-state index < -0.39 is 10.0 Å². The molecule has 32 heavy (non-hydrogen) atoms. The summed E-state index contributed by atoms with van der Waals surface area (Å²) in [6, 6.07) is 2.14. The molecule has 11 heteroatoms. The summed E-state index contributed by atoms with van der Waals surface area (Å²) in [4.78, 5) is 10.4. The fraction of sp³-hybridized carbons (Fsp3) is 0.667. The van der Waals surface area contributed by atoms with E-state index >= 15 is 0 Å². The van der Waals surface area contributed by atoms with Gasteiger partial charge in [0, 0.05) is 25.2 Å². The molecule has 0 radical (unpaired) electrons. The maximum absolute atomic E-state index is 11.7. The monoisotopic (exact) mass is 465 g/mol. The van der Waals surface area contributed by atoms with Crippen molar-refractivity contribution in [3.05, 3.63) is 24.3 Å². The summed E-state index contributed by atoms with van der Waals surface area (Å²) >= 11 is 0. The SMILES string of the molecule is CC(C)c1noc(N2CCC(OC3CCC(Oc4ccncc4S(N)(=O)=O)CC3)CC2)n1. The Morgan fingerprint density at radius 3 is 2.38 bits per heavy atom. The number of hydrogen-bond acceptors (Lipinski definition) is 9. The van der Waals surface area contributed by atoms with Crippen molar-refractivity contribution in [2.45, 2.75) is 81.5 Å². The van der Waals surface area contributed by atoms with Gasteiger partial charge in [0.1, 0.15) is 10.6 Å². The highest BCUT2D eigenvalue weighted by Crippen LogP contribution is 2.30. The van der Waals surface area contributed by atoms with Crippen LogP contribution in [0.25, 0.3) is 0 Å². The van der Waals surface area contributed by atoms with Crippen LogP contribution in [-0.2, 0) is 14.8 Å². The molecule has 2 aliphatic rings. The minimum Gasteiger partial charge on any atom is -0.489 e. The largest absolute Gasteiger partial charge is 0.489 e. The summed E-state index contributed by atoms with van der Waals surface area (Å²) in [5, 5.41) is 9.31. The average Bonchev–Trinajstić information content (AvgIpc) is 3.26. The lowest BCUT2D eigenvalue weighted by Crippen LogP contribution is -2.39. The lowest BCUT2D eigenvalue weighted by Gasteiger charge is -2.35. The van der Waals surface area contributed by atoms with E-state index in [1.807, 2.05) is 13.8 Å². The topological polar surface area (TPSA) is 134 Å². The van der Waals surface area contributed by atoms with E-state index in [-0.39, 0.29) is 34.9 Å². The van der Waals surface area contributed by atoms with Crippen molar-refractivity contribution < 1.29 is 22.4 Å². The molecule has 0 amide bonds. The van der Waals surface area contributed by atoms with Crippen molar-refractivity contribution in [3.63, 3.8) is 0 Å². The van der Waals surface area contributed by atoms with E-state index in [0.29, 0.717) is 6.01 Å². The molecule has 1 aliphatic heterocycles. The van der Waals surface area contributed by atoms with E-state index in [1.165, 1.54) is 12.4 Å². The van der Waals surface area contributed by atoms with Gasteiger partial charge in [-0.25, -0.2) is 13.6 Å². The highest BCUT2D eigenvalue weighted by atomic mass is 32.2. The van der Waals surface area contributed by atoms with Gasteiger partial charge in [-0.1, -0.05) is 19.0 Å². The van der Waals surface area contributed by atoms with Crippen LogP contribution in [0.5, 0.6) is 5.75 Å². The van der Waals surface area contributed by atoms with Gasteiger partial charge in [-0.2, -0.15) is 4.98 Å². The summed E-state index contributed by atoms with van der Waals surface area (Å²) in [5.74, 6) is 1.25. The van der Waals surface area contributed by atoms with Crippen LogP contribution < -0.4 is 14.8 Å². The lowest BCUT2D eigenvalue weighted by atomic mass is 9.94. The number of hydrogen-bond donors (Lipinski definition) is 1. The number of rotatable bonds is 7. The number of sulfonamides is 1. The van der Waals surface area contributed by atoms with Crippen molar-refractivity contribution in [2.75, 3.05) is 18.0 Å². The molecule has 3 heterocycles. The quantitative estimate of drug-likeness (QED) is 0.655. The van der Waals surface area contributed by atoms with E-state index in [0.717, 1.165) is 57.4 Å². The summed E-state index contributed by atoms with van der Waals surface area (Å²) in [7, 11) is -3.87. The summed E-state index contributed by atoms with van der Waals surface area (Å²) in [5.41, 5.74) is 0. The van der Waals surface area contributed by atoms with Gasteiger partial charge < -0.3 is 18.9 Å². The molecule has 1 saturated heterocycles. The fourth-order valence-electron chi connectivity index (χ4n) is 4.19. The van der Waals surface area contributed by atoms with Crippen LogP contribution in [0.15, 0.2) is 27.9 Å². The first-order valence-electron chi connectivity index (χ1n) is 11.2. The number of piperidine rings is 1. The van der Waals surface area contributed by atoms with E-state index in [1.54, 1.807) is 6.07 Å². The van der Waals surface area contributed by atoms with E-state index in [2.05, 4.69) is 20.0 Å². The summed E-state index contributed by atoms with van der Waals surface area (Å²) < 4.78 is 41.2. The maximum atomic E-state index is 11.7. The van der Waals surface area contributed by atoms with Gasteiger partial charge >= 0.3 is 6.01 Å². The highest BCUT2D eigenvalue weighted by Gasteiger charge is 2.29. The third-order valence-electron chi connectivity index (χ3n) is 6.01. The zero-order valence-corrected chi connectivity index (χ0v) is 19.3. The van der Waals surface area contributed by atoms with E-state index in [4.69, 9.17) is 19.1 Å². The smallest absolute Gasteiger partial charge is 0.324 e. The lowest BCUT2D eigenvalue weighted by molar-refractivity contribution is -0.0532. The number of aromatic nitrogens is 3. The molecule has 0 spiro atoms. The first-order chi connectivity index (χ1) is 15.3. The number of pyridine rings is 1. The predicted molar refractivity (Wildman–Crippen MR) is 117 cm³/mol. The molecule has 1 saturated carbocycles. The molecule has 4 rings (SSSR count). The van der Waals surface area contributed by atoms with Gasteiger partial charge in [0.15, 0.2) is 5.82 Å². The molecular weight excluding hydrogens is 434 g/mol. The fourth-order valence-corrected chi connectivity index (χ4v) is 4.79. The zero-order valence-electron chi connectivity index (χ0n) is 18.5. The van der Waals surface area contributed by atoms with Crippen molar-refractivity contribution in [1.82, 2.24) is 15.1 Å². The molecule has 0 aromatic carbocycles. The number of ether oxygens (including phenoxy) is 2. The third kappa shape index (κ3) is 5.57. The van der Waals surface area contributed by atoms with Crippen LogP contribution >= 0.6 is 0 Å². The standard InChI is InChI=1S/C21H31N5O5S/c1-14(2)20-24-21(31-25-20)26-11-8-17(9-12-26)29-15-3-5-16(6-4-15)30-18-7-10-23-13-19(18)32(22,27)28/h7,10,13-17H,3-6,8-9,11-12H2,1-2H3,(H2,22,27,28). The minimum atomic E-state index is -3.87. The molecule has 2 fully saturated rings.